The Kier molecular flexibility index (Phi) is 6.63. The van der Waals surface area contributed by atoms with E-state index in [1.165, 1.54) is 0 Å². The molecule has 1 fully saturated rings. The molecule has 31 heavy (non-hydrogen) atoms. The second-order valence-corrected chi connectivity index (χ2v) is 8.33. The smallest absolute Gasteiger partial charge is 0.273 e. The highest BCUT2D eigenvalue weighted by Crippen LogP contribution is 2.28. The van der Waals surface area contributed by atoms with Crippen molar-refractivity contribution in [3.63, 3.8) is 0 Å². The summed E-state index contributed by atoms with van der Waals surface area (Å²) in [6, 6.07) is 8.33. The predicted octanol–water partition coefficient (Wildman–Crippen LogP) is 4.56. The van der Waals surface area contributed by atoms with Crippen molar-refractivity contribution in [3.05, 3.63) is 64.8 Å². The molecule has 0 aromatic carbocycles. The first-order valence-corrected chi connectivity index (χ1v) is 10.8. The first kappa shape index (κ1) is 21.5. The van der Waals surface area contributed by atoms with Gasteiger partial charge in [-0.05, 0) is 43.0 Å². The molecule has 0 N–H and O–H groups in total. The highest BCUT2D eigenvalue weighted by Gasteiger charge is 2.33. The molecule has 1 saturated heterocycles. The molecule has 9 heteroatoms. The molecule has 1 aliphatic rings. The van der Waals surface area contributed by atoms with Crippen LogP contribution in [0.4, 0.5) is 0 Å². The summed E-state index contributed by atoms with van der Waals surface area (Å²) in [5, 5.41) is 0.703. The lowest BCUT2D eigenvalue weighted by molar-refractivity contribution is 0.0450. The minimum atomic E-state index is -0.166. The van der Waals surface area contributed by atoms with Crippen LogP contribution in [0.2, 0.25) is 10.2 Å². The summed E-state index contributed by atoms with van der Waals surface area (Å²) in [7, 11) is 0. The first-order valence-electron chi connectivity index (χ1n) is 10.0. The number of carbonyl (C=O) groups is 1. The number of ether oxygens (including phenoxy) is 1. The number of halogens is 2. The summed E-state index contributed by atoms with van der Waals surface area (Å²) in [5.41, 5.74) is 0.937. The van der Waals surface area contributed by atoms with Crippen LogP contribution in [-0.2, 0) is 0 Å². The van der Waals surface area contributed by atoms with Gasteiger partial charge in [0.15, 0.2) is 5.82 Å². The SMILES string of the molecule is C[C@H]1CCN(C(=O)c2ncccc2-c2ncccn2)[C@H](COc2cc(Cl)cc(Cl)n2)C1. The molecule has 3 aromatic heterocycles. The second kappa shape index (κ2) is 9.58. The predicted molar refractivity (Wildman–Crippen MR) is 118 cm³/mol. The van der Waals surface area contributed by atoms with Crippen LogP contribution in [-0.4, -0.2) is 49.9 Å². The van der Waals surface area contributed by atoms with Crippen LogP contribution >= 0.6 is 23.2 Å². The van der Waals surface area contributed by atoms with E-state index >= 15 is 0 Å². The fourth-order valence-corrected chi connectivity index (χ4v) is 4.16. The molecule has 0 spiro atoms. The Morgan fingerprint density at radius 3 is 2.71 bits per heavy atom. The summed E-state index contributed by atoms with van der Waals surface area (Å²) >= 11 is 12.0. The molecule has 0 unspecified atom stereocenters. The van der Waals surface area contributed by atoms with E-state index in [1.807, 2.05) is 11.0 Å². The van der Waals surface area contributed by atoms with Crippen molar-refractivity contribution in [3.8, 4) is 17.3 Å². The van der Waals surface area contributed by atoms with Gasteiger partial charge in [-0.15, -0.1) is 0 Å². The maximum Gasteiger partial charge on any atom is 0.273 e. The van der Waals surface area contributed by atoms with Crippen molar-refractivity contribution in [2.75, 3.05) is 13.2 Å². The molecule has 160 valence electrons. The van der Waals surface area contributed by atoms with E-state index in [4.69, 9.17) is 27.9 Å². The Morgan fingerprint density at radius 1 is 1.16 bits per heavy atom. The number of piperidine rings is 1. The molecule has 0 bridgehead atoms. The van der Waals surface area contributed by atoms with Crippen LogP contribution in [0.5, 0.6) is 5.88 Å². The van der Waals surface area contributed by atoms with Crippen LogP contribution in [0, 0.1) is 5.92 Å². The third-order valence-corrected chi connectivity index (χ3v) is 5.63. The minimum Gasteiger partial charge on any atom is -0.475 e. The molecule has 2 atom stereocenters. The van der Waals surface area contributed by atoms with E-state index in [1.54, 1.807) is 42.9 Å². The first-order chi connectivity index (χ1) is 15.0. The maximum atomic E-state index is 13.5. The van der Waals surface area contributed by atoms with Gasteiger partial charge in [0.2, 0.25) is 5.88 Å². The third kappa shape index (κ3) is 5.11. The minimum absolute atomic E-state index is 0.137. The normalized spacial score (nSPS) is 18.6. The summed E-state index contributed by atoms with van der Waals surface area (Å²) < 4.78 is 5.87. The zero-order valence-electron chi connectivity index (χ0n) is 16.9. The van der Waals surface area contributed by atoms with E-state index in [0.717, 1.165) is 12.8 Å². The molecule has 0 radical (unpaired) electrons. The van der Waals surface area contributed by atoms with Crippen LogP contribution < -0.4 is 4.74 Å². The Morgan fingerprint density at radius 2 is 1.94 bits per heavy atom. The van der Waals surface area contributed by atoms with Crippen molar-refractivity contribution in [1.29, 1.82) is 0 Å². The van der Waals surface area contributed by atoms with Crippen LogP contribution in [0.15, 0.2) is 48.9 Å². The molecule has 0 saturated carbocycles. The largest absolute Gasteiger partial charge is 0.475 e. The van der Waals surface area contributed by atoms with Gasteiger partial charge in [0.1, 0.15) is 17.5 Å². The average Bonchev–Trinajstić information content (AvgIpc) is 2.77. The summed E-state index contributed by atoms with van der Waals surface area (Å²) in [6.45, 7) is 3.07. The Labute approximate surface area is 190 Å². The molecule has 1 amide bonds. The van der Waals surface area contributed by atoms with E-state index in [0.29, 0.717) is 40.4 Å². The van der Waals surface area contributed by atoms with Gasteiger partial charge in [0.25, 0.3) is 5.91 Å². The number of carbonyl (C=O) groups excluding carboxylic acids is 1. The Balaban J connectivity index is 1.57. The number of hydrogen-bond donors (Lipinski definition) is 0. The zero-order valence-corrected chi connectivity index (χ0v) is 18.4. The Hall–Kier alpha value is -2.77. The summed E-state index contributed by atoms with van der Waals surface area (Å²) in [6.07, 6.45) is 6.62. The number of amides is 1. The van der Waals surface area contributed by atoms with Crippen molar-refractivity contribution in [1.82, 2.24) is 24.8 Å². The topological polar surface area (TPSA) is 81.1 Å². The summed E-state index contributed by atoms with van der Waals surface area (Å²) in [4.78, 5) is 32.4. The second-order valence-electron chi connectivity index (χ2n) is 7.51. The lowest BCUT2D eigenvalue weighted by atomic mass is 9.92. The number of likely N-dealkylation sites (tertiary alicyclic amines) is 1. The fourth-order valence-electron chi connectivity index (χ4n) is 3.71. The summed E-state index contributed by atoms with van der Waals surface area (Å²) in [5.74, 6) is 1.10. The van der Waals surface area contributed by atoms with Crippen molar-refractivity contribution >= 4 is 29.1 Å². The molecule has 3 aromatic rings. The number of aromatic nitrogens is 4. The van der Waals surface area contributed by atoms with Crippen LogP contribution in [0.3, 0.4) is 0 Å². The number of hydrogen-bond acceptors (Lipinski definition) is 6. The molecular formula is C22H21Cl2N5O2. The van der Waals surface area contributed by atoms with Gasteiger partial charge in [0.05, 0.1) is 11.6 Å². The van der Waals surface area contributed by atoms with Gasteiger partial charge < -0.3 is 9.64 Å². The number of rotatable bonds is 5. The van der Waals surface area contributed by atoms with Crippen molar-refractivity contribution in [2.24, 2.45) is 5.92 Å². The highest BCUT2D eigenvalue weighted by atomic mass is 35.5. The van der Waals surface area contributed by atoms with Gasteiger partial charge in [-0.1, -0.05) is 30.1 Å². The maximum absolute atomic E-state index is 13.5. The van der Waals surface area contributed by atoms with Gasteiger partial charge in [-0.25, -0.2) is 15.0 Å². The van der Waals surface area contributed by atoms with E-state index < -0.39 is 0 Å². The standard InChI is InChI=1S/C22H21Cl2N5O2/c1-14-5-9-29(16(10-14)13-31-19-12-15(23)11-18(24)28-19)22(30)20-17(4-2-6-25-20)21-26-7-3-8-27-21/h2-4,6-8,11-12,14,16H,5,9-10,13H2,1H3/t14-,16-/m0/s1. The van der Waals surface area contributed by atoms with Crippen molar-refractivity contribution < 1.29 is 9.53 Å². The lowest BCUT2D eigenvalue weighted by Gasteiger charge is -2.38. The van der Waals surface area contributed by atoms with Gasteiger partial charge >= 0.3 is 0 Å². The van der Waals surface area contributed by atoms with E-state index in [-0.39, 0.29) is 23.7 Å². The molecule has 4 rings (SSSR count). The Bertz CT molecular complexity index is 1050. The highest BCUT2D eigenvalue weighted by molar-refractivity contribution is 6.34. The number of pyridine rings is 2. The van der Waals surface area contributed by atoms with Crippen LogP contribution in [0.1, 0.15) is 30.3 Å². The number of nitrogens with zero attached hydrogens (tertiary/aromatic N) is 5. The molecule has 0 aliphatic carbocycles. The lowest BCUT2D eigenvalue weighted by Crippen LogP contribution is -2.49. The molecule has 7 nitrogen and oxygen atoms in total. The van der Waals surface area contributed by atoms with Gasteiger partial charge in [-0.3, -0.25) is 9.78 Å². The zero-order chi connectivity index (χ0) is 21.8. The monoisotopic (exact) mass is 457 g/mol. The van der Waals surface area contributed by atoms with Crippen LogP contribution in [0.25, 0.3) is 11.4 Å². The quantitative estimate of drug-likeness (QED) is 0.522. The third-order valence-electron chi connectivity index (χ3n) is 5.21. The molecule has 1 aliphatic heterocycles. The van der Waals surface area contributed by atoms with Gasteiger partial charge in [-0.2, -0.15) is 0 Å². The average molecular weight is 458 g/mol. The molecular weight excluding hydrogens is 437 g/mol. The van der Waals surface area contributed by atoms with E-state index in [2.05, 4.69) is 26.9 Å². The molecule has 4 heterocycles. The van der Waals surface area contributed by atoms with Crippen molar-refractivity contribution in [2.45, 2.75) is 25.8 Å². The fraction of sp³-hybridized carbons (Fsp3) is 0.318. The van der Waals surface area contributed by atoms with Gasteiger partial charge in [0, 0.05) is 36.2 Å². The van der Waals surface area contributed by atoms with E-state index in [9.17, 15) is 4.79 Å².